The van der Waals surface area contributed by atoms with E-state index in [0.29, 0.717) is 11.4 Å². The van der Waals surface area contributed by atoms with Crippen LogP contribution in [0.15, 0.2) is 42.6 Å². The van der Waals surface area contributed by atoms with E-state index in [-0.39, 0.29) is 5.91 Å². The van der Waals surface area contributed by atoms with E-state index >= 15 is 0 Å². The summed E-state index contributed by atoms with van der Waals surface area (Å²) in [5.41, 5.74) is 2.73. The first-order valence-electron chi connectivity index (χ1n) is 7.53. The number of hydrogen-bond donors (Lipinski definition) is 2. The molecule has 1 amide bonds. The summed E-state index contributed by atoms with van der Waals surface area (Å²) >= 11 is 0. The molecule has 3 rings (SSSR count). The van der Waals surface area contributed by atoms with Crippen LogP contribution in [0.1, 0.15) is 15.9 Å². The zero-order valence-corrected chi connectivity index (χ0v) is 12.7. The highest BCUT2D eigenvalue weighted by molar-refractivity contribution is 6.04. The maximum absolute atomic E-state index is 12.3. The Morgan fingerprint density at radius 3 is 2.64 bits per heavy atom. The minimum atomic E-state index is -0.125. The van der Waals surface area contributed by atoms with Crippen molar-refractivity contribution in [3.05, 3.63) is 53.7 Å². The zero-order valence-electron chi connectivity index (χ0n) is 12.7. The third-order valence-electron chi connectivity index (χ3n) is 3.86. The van der Waals surface area contributed by atoms with Crippen molar-refractivity contribution in [2.75, 3.05) is 36.4 Å². The molecule has 0 atom stereocenters. The Kier molecular flexibility index (Phi) is 4.34. The summed E-state index contributed by atoms with van der Waals surface area (Å²) in [6.07, 6.45) is 1.82. The van der Waals surface area contributed by atoms with Gasteiger partial charge in [-0.25, -0.2) is 4.98 Å². The van der Waals surface area contributed by atoms with Gasteiger partial charge in [-0.2, -0.15) is 0 Å². The van der Waals surface area contributed by atoms with Crippen molar-refractivity contribution < 1.29 is 4.79 Å². The summed E-state index contributed by atoms with van der Waals surface area (Å²) in [4.78, 5) is 18.9. The smallest absolute Gasteiger partial charge is 0.257 e. The number of aryl methyl sites for hydroxylation is 1. The predicted octanol–water partition coefficient (Wildman–Crippen LogP) is 2.05. The van der Waals surface area contributed by atoms with Crippen molar-refractivity contribution in [1.82, 2.24) is 10.3 Å². The molecule has 2 N–H and O–H groups in total. The highest BCUT2D eigenvalue weighted by Crippen LogP contribution is 2.16. The quantitative estimate of drug-likeness (QED) is 0.910. The van der Waals surface area contributed by atoms with Crippen LogP contribution in [-0.2, 0) is 0 Å². The molecule has 0 aliphatic carbocycles. The second-order valence-electron chi connectivity index (χ2n) is 5.41. The summed E-state index contributed by atoms with van der Waals surface area (Å²) in [5, 5.41) is 6.17. The Morgan fingerprint density at radius 2 is 1.95 bits per heavy atom. The first-order valence-corrected chi connectivity index (χ1v) is 7.53. The van der Waals surface area contributed by atoms with Crippen molar-refractivity contribution in [3.8, 4) is 0 Å². The maximum Gasteiger partial charge on any atom is 0.257 e. The molecule has 1 aliphatic heterocycles. The van der Waals surface area contributed by atoms with Crippen LogP contribution in [0, 0.1) is 6.92 Å². The maximum atomic E-state index is 12.3. The molecule has 2 heterocycles. The third-order valence-corrected chi connectivity index (χ3v) is 3.86. The Morgan fingerprint density at radius 1 is 1.18 bits per heavy atom. The fraction of sp³-hybridized carbons (Fsp3) is 0.294. The van der Waals surface area contributed by atoms with Gasteiger partial charge in [-0.3, -0.25) is 4.79 Å². The molecule has 0 saturated carbocycles. The van der Waals surface area contributed by atoms with Gasteiger partial charge >= 0.3 is 0 Å². The molecule has 1 fully saturated rings. The van der Waals surface area contributed by atoms with Gasteiger partial charge in [-0.1, -0.05) is 18.2 Å². The summed E-state index contributed by atoms with van der Waals surface area (Å²) in [6.45, 7) is 5.88. The van der Waals surface area contributed by atoms with Crippen LogP contribution >= 0.6 is 0 Å². The van der Waals surface area contributed by atoms with Gasteiger partial charge < -0.3 is 15.5 Å². The summed E-state index contributed by atoms with van der Waals surface area (Å²) < 4.78 is 0. The van der Waals surface area contributed by atoms with Gasteiger partial charge in [0.05, 0.1) is 11.9 Å². The molecule has 5 heteroatoms. The highest BCUT2D eigenvalue weighted by atomic mass is 16.1. The Balaban J connectivity index is 1.68. The van der Waals surface area contributed by atoms with Gasteiger partial charge in [0.2, 0.25) is 0 Å². The van der Waals surface area contributed by atoms with E-state index in [1.807, 2.05) is 49.5 Å². The molecule has 1 aliphatic rings. The van der Waals surface area contributed by atoms with Crippen LogP contribution in [0.5, 0.6) is 0 Å². The first-order chi connectivity index (χ1) is 10.7. The van der Waals surface area contributed by atoms with Crippen molar-refractivity contribution in [2.24, 2.45) is 0 Å². The molecular weight excluding hydrogens is 276 g/mol. The van der Waals surface area contributed by atoms with E-state index in [9.17, 15) is 4.79 Å². The van der Waals surface area contributed by atoms with E-state index in [4.69, 9.17) is 0 Å². The number of nitrogens with one attached hydrogen (secondary N) is 2. The second-order valence-corrected chi connectivity index (χ2v) is 5.41. The number of carbonyl (C=O) groups is 1. The first kappa shape index (κ1) is 14.5. The SMILES string of the molecule is Cc1ccccc1C(=O)Nc1ccc(N2CCNCC2)cn1. The fourth-order valence-electron chi connectivity index (χ4n) is 2.58. The molecule has 0 bridgehead atoms. The topological polar surface area (TPSA) is 57.3 Å². The average Bonchev–Trinajstić information content (AvgIpc) is 2.57. The van der Waals surface area contributed by atoms with E-state index < -0.39 is 0 Å². The van der Waals surface area contributed by atoms with Gasteiger partial charge in [0.1, 0.15) is 5.82 Å². The monoisotopic (exact) mass is 296 g/mol. The standard InChI is InChI=1S/C17H20N4O/c1-13-4-2-3-5-15(13)17(22)20-16-7-6-14(12-19-16)21-10-8-18-9-11-21/h2-7,12,18H,8-11H2,1H3,(H,19,20,22). The fourth-order valence-corrected chi connectivity index (χ4v) is 2.58. The minimum Gasteiger partial charge on any atom is -0.368 e. The van der Waals surface area contributed by atoms with Gasteiger partial charge in [0.15, 0.2) is 0 Å². The lowest BCUT2D eigenvalue weighted by Gasteiger charge is -2.29. The second kappa shape index (κ2) is 6.58. The largest absolute Gasteiger partial charge is 0.368 e. The lowest BCUT2D eigenvalue weighted by atomic mass is 10.1. The Bertz CT molecular complexity index is 648. The number of anilines is 2. The van der Waals surface area contributed by atoms with Crippen LogP contribution in [0.25, 0.3) is 0 Å². The number of carbonyl (C=O) groups excluding carboxylic acids is 1. The zero-order chi connectivity index (χ0) is 15.4. The molecule has 5 nitrogen and oxygen atoms in total. The van der Waals surface area contributed by atoms with E-state index in [2.05, 4.69) is 20.5 Å². The van der Waals surface area contributed by atoms with Gasteiger partial charge in [-0.15, -0.1) is 0 Å². The van der Waals surface area contributed by atoms with E-state index in [1.54, 1.807) is 0 Å². The number of aromatic nitrogens is 1. The number of nitrogens with zero attached hydrogens (tertiary/aromatic N) is 2. The van der Waals surface area contributed by atoms with Crippen LogP contribution in [-0.4, -0.2) is 37.1 Å². The minimum absolute atomic E-state index is 0.125. The van der Waals surface area contributed by atoms with Crippen molar-refractivity contribution in [3.63, 3.8) is 0 Å². The number of benzene rings is 1. The molecule has 114 valence electrons. The Labute approximate surface area is 130 Å². The molecule has 1 aromatic heterocycles. The van der Waals surface area contributed by atoms with Crippen LogP contribution in [0.3, 0.4) is 0 Å². The molecular formula is C17H20N4O. The average molecular weight is 296 g/mol. The van der Waals surface area contributed by atoms with Crippen molar-refractivity contribution in [2.45, 2.75) is 6.92 Å². The lowest BCUT2D eigenvalue weighted by Crippen LogP contribution is -2.43. The molecule has 0 spiro atoms. The van der Waals surface area contributed by atoms with Gasteiger partial charge in [0, 0.05) is 31.7 Å². The summed E-state index contributed by atoms with van der Waals surface area (Å²) in [5.74, 6) is 0.452. The molecule has 0 radical (unpaired) electrons. The number of hydrogen-bond acceptors (Lipinski definition) is 4. The van der Waals surface area contributed by atoms with Gasteiger partial charge in [0.25, 0.3) is 5.91 Å². The molecule has 2 aromatic rings. The molecule has 1 saturated heterocycles. The predicted molar refractivity (Wildman–Crippen MR) is 88.5 cm³/mol. The number of pyridine rings is 1. The summed E-state index contributed by atoms with van der Waals surface area (Å²) in [7, 11) is 0. The Hall–Kier alpha value is -2.40. The van der Waals surface area contributed by atoms with Crippen LogP contribution in [0.2, 0.25) is 0 Å². The molecule has 0 unspecified atom stereocenters. The number of rotatable bonds is 3. The highest BCUT2D eigenvalue weighted by Gasteiger charge is 2.12. The van der Waals surface area contributed by atoms with E-state index in [0.717, 1.165) is 37.4 Å². The van der Waals surface area contributed by atoms with Crippen LogP contribution in [0.4, 0.5) is 11.5 Å². The number of amides is 1. The van der Waals surface area contributed by atoms with Crippen molar-refractivity contribution >= 4 is 17.4 Å². The van der Waals surface area contributed by atoms with E-state index in [1.165, 1.54) is 0 Å². The van der Waals surface area contributed by atoms with Crippen LogP contribution < -0.4 is 15.5 Å². The summed E-state index contributed by atoms with van der Waals surface area (Å²) in [6, 6.07) is 11.4. The third kappa shape index (κ3) is 3.26. The van der Waals surface area contributed by atoms with Crippen molar-refractivity contribution in [1.29, 1.82) is 0 Å². The molecule has 1 aromatic carbocycles. The molecule has 22 heavy (non-hydrogen) atoms. The lowest BCUT2D eigenvalue weighted by molar-refractivity contribution is 0.102. The normalized spacial score (nSPS) is 14.7. The number of piperazine rings is 1. The van der Waals surface area contributed by atoms with Gasteiger partial charge in [-0.05, 0) is 30.7 Å².